The zero-order valence-corrected chi connectivity index (χ0v) is 13.4. The van der Waals surface area contributed by atoms with Gasteiger partial charge in [-0.1, -0.05) is 11.6 Å². The van der Waals surface area contributed by atoms with Gasteiger partial charge in [0.25, 0.3) is 0 Å². The van der Waals surface area contributed by atoms with E-state index in [1.165, 1.54) is 6.07 Å². The minimum Gasteiger partial charge on any atom is -0.399 e. The molecule has 0 spiro atoms. The summed E-state index contributed by atoms with van der Waals surface area (Å²) in [5.74, 6) is -0.760. The van der Waals surface area contributed by atoms with Gasteiger partial charge in [-0.25, -0.2) is 18.7 Å². The van der Waals surface area contributed by atoms with E-state index in [1.807, 2.05) is 0 Å². The summed E-state index contributed by atoms with van der Waals surface area (Å²) in [6.45, 7) is 0.329. The maximum absolute atomic E-state index is 14.3. The van der Waals surface area contributed by atoms with Gasteiger partial charge in [-0.05, 0) is 18.2 Å². The van der Waals surface area contributed by atoms with Gasteiger partial charge in [0.1, 0.15) is 29.3 Å². The van der Waals surface area contributed by atoms with Crippen molar-refractivity contribution in [2.24, 2.45) is 4.99 Å². The number of aromatic amines is 1. The van der Waals surface area contributed by atoms with Gasteiger partial charge < -0.3 is 15.6 Å². The van der Waals surface area contributed by atoms with Gasteiger partial charge >= 0.3 is 0 Å². The van der Waals surface area contributed by atoms with E-state index < -0.39 is 11.6 Å². The molecule has 3 heterocycles. The molecule has 2 aromatic heterocycles. The van der Waals surface area contributed by atoms with Crippen molar-refractivity contribution >= 4 is 40.4 Å². The lowest BCUT2D eigenvalue weighted by molar-refractivity contribution is 0.629. The van der Waals surface area contributed by atoms with Crippen molar-refractivity contribution in [2.75, 3.05) is 17.3 Å². The highest BCUT2D eigenvalue weighted by Gasteiger charge is 2.21. The minimum atomic E-state index is -0.651. The van der Waals surface area contributed by atoms with Gasteiger partial charge in [0.05, 0.1) is 16.8 Å². The number of benzene rings is 1. The Morgan fingerprint density at radius 3 is 2.80 bits per heavy atom. The molecule has 3 N–H and O–H groups in total. The second-order valence-corrected chi connectivity index (χ2v) is 5.79. The van der Waals surface area contributed by atoms with Crippen LogP contribution in [-0.2, 0) is 0 Å². The van der Waals surface area contributed by atoms with Crippen LogP contribution >= 0.6 is 11.6 Å². The van der Waals surface area contributed by atoms with Crippen LogP contribution in [0.1, 0.15) is 0 Å². The largest absolute Gasteiger partial charge is 0.399 e. The number of imidazole rings is 1. The second kappa shape index (κ2) is 5.82. The molecule has 0 saturated carbocycles. The lowest BCUT2D eigenvalue weighted by Crippen LogP contribution is -2.20. The first-order valence-corrected chi connectivity index (χ1v) is 7.65. The van der Waals surface area contributed by atoms with E-state index in [0.717, 1.165) is 12.3 Å². The summed E-state index contributed by atoms with van der Waals surface area (Å²) in [4.78, 5) is 17.0. The number of pyridine rings is 1. The summed E-state index contributed by atoms with van der Waals surface area (Å²) < 4.78 is 28.5. The van der Waals surface area contributed by atoms with E-state index in [9.17, 15) is 8.78 Å². The fourth-order valence-electron chi connectivity index (χ4n) is 2.63. The summed E-state index contributed by atoms with van der Waals surface area (Å²) in [5.41, 5.74) is 6.14. The Morgan fingerprint density at radius 2 is 2.08 bits per heavy atom. The molecular formula is C16H11ClF2N6. The zero-order chi connectivity index (χ0) is 17.6. The van der Waals surface area contributed by atoms with Gasteiger partial charge in [0.2, 0.25) is 0 Å². The van der Waals surface area contributed by atoms with Crippen LogP contribution < -0.4 is 10.6 Å². The summed E-state index contributed by atoms with van der Waals surface area (Å²) in [5, 5.41) is 0.0777. The average molecular weight is 361 g/mol. The average Bonchev–Trinajstić information content (AvgIpc) is 3.00. The number of H-pyrrole nitrogens is 1. The molecule has 4 rings (SSSR count). The number of nitrogens with two attached hydrogens (primary N) is 1. The third kappa shape index (κ3) is 2.60. The summed E-state index contributed by atoms with van der Waals surface area (Å²) in [7, 11) is 0. The predicted octanol–water partition coefficient (Wildman–Crippen LogP) is 3.50. The van der Waals surface area contributed by atoms with Gasteiger partial charge in [-0.3, -0.25) is 4.99 Å². The van der Waals surface area contributed by atoms with E-state index in [2.05, 4.69) is 19.9 Å². The second-order valence-electron chi connectivity index (χ2n) is 5.38. The highest BCUT2D eigenvalue weighted by atomic mass is 35.5. The third-order valence-electron chi connectivity index (χ3n) is 3.72. The van der Waals surface area contributed by atoms with Crippen LogP contribution in [0.5, 0.6) is 0 Å². The van der Waals surface area contributed by atoms with Crippen LogP contribution in [0.4, 0.5) is 20.3 Å². The van der Waals surface area contributed by atoms with Crippen LogP contribution in [0.2, 0.25) is 5.02 Å². The van der Waals surface area contributed by atoms with Crippen molar-refractivity contribution in [3.63, 3.8) is 0 Å². The molecule has 1 aromatic carbocycles. The smallest absolute Gasteiger partial charge is 0.169 e. The van der Waals surface area contributed by atoms with Crippen LogP contribution in [0.3, 0.4) is 0 Å². The Labute approximate surface area is 145 Å². The van der Waals surface area contributed by atoms with Gasteiger partial charge in [-0.15, -0.1) is 0 Å². The van der Waals surface area contributed by atoms with E-state index in [0.29, 0.717) is 18.0 Å². The quantitative estimate of drug-likeness (QED) is 0.685. The zero-order valence-electron chi connectivity index (χ0n) is 12.7. The number of hydrogen-bond donors (Lipinski definition) is 2. The van der Waals surface area contributed by atoms with Crippen molar-refractivity contribution in [3.05, 3.63) is 47.3 Å². The van der Waals surface area contributed by atoms with Crippen molar-refractivity contribution in [1.82, 2.24) is 15.0 Å². The molecule has 0 unspecified atom stereocenters. The first-order chi connectivity index (χ1) is 12.0. The molecule has 6 nitrogen and oxygen atoms in total. The number of nitrogens with one attached hydrogen (secondary N) is 1. The summed E-state index contributed by atoms with van der Waals surface area (Å²) in [6.07, 6.45) is 6.20. The molecule has 0 aliphatic carbocycles. The Morgan fingerprint density at radius 1 is 1.24 bits per heavy atom. The van der Waals surface area contributed by atoms with Crippen LogP contribution in [-0.4, -0.2) is 27.8 Å². The lowest BCUT2D eigenvalue weighted by atomic mass is 10.2. The molecule has 0 radical (unpaired) electrons. The number of rotatable bonds is 2. The number of nitrogens with zero attached hydrogens (tertiary/aromatic N) is 4. The molecule has 9 heteroatoms. The van der Waals surface area contributed by atoms with Crippen LogP contribution in [0.25, 0.3) is 22.4 Å². The number of aromatic nitrogens is 3. The Bertz CT molecular complexity index is 1020. The van der Waals surface area contributed by atoms with Crippen molar-refractivity contribution in [3.8, 4) is 11.4 Å². The molecule has 25 heavy (non-hydrogen) atoms. The molecule has 0 bridgehead atoms. The number of anilines is 2. The van der Waals surface area contributed by atoms with Gasteiger partial charge in [0.15, 0.2) is 11.6 Å². The number of aliphatic imine (C=N–C) groups is 1. The maximum Gasteiger partial charge on any atom is 0.169 e. The van der Waals surface area contributed by atoms with E-state index >= 15 is 0 Å². The summed E-state index contributed by atoms with van der Waals surface area (Å²) >= 11 is 6.10. The van der Waals surface area contributed by atoms with Gasteiger partial charge in [-0.2, -0.15) is 0 Å². The topological polar surface area (TPSA) is 83.2 Å². The Kier molecular flexibility index (Phi) is 3.61. The molecule has 1 aliphatic heterocycles. The third-order valence-corrected chi connectivity index (χ3v) is 4.02. The predicted molar refractivity (Wildman–Crippen MR) is 93.6 cm³/mol. The normalized spacial score (nSPS) is 13.8. The standard InChI is InChI=1S/C16H11ClF2N6/c17-9-4-8(20)5-10(18)12(9)15-23-13-11(19)6-22-16(14(13)24-15)25-3-1-2-21-7-25/h1-6H,7,20H2,(H,23,24). The highest BCUT2D eigenvalue weighted by molar-refractivity contribution is 6.33. The molecule has 0 fully saturated rings. The van der Waals surface area contributed by atoms with E-state index in [1.54, 1.807) is 23.4 Å². The van der Waals surface area contributed by atoms with Gasteiger partial charge in [0, 0.05) is 18.1 Å². The van der Waals surface area contributed by atoms with E-state index in [-0.39, 0.29) is 27.6 Å². The maximum atomic E-state index is 14.3. The Balaban J connectivity index is 1.92. The fraction of sp³-hybridized carbons (Fsp3) is 0.0625. The van der Waals surface area contributed by atoms with Crippen LogP contribution in [0, 0.1) is 11.6 Å². The number of fused-ring (bicyclic) bond motifs is 1. The molecule has 0 amide bonds. The number of allylic oxidation sites excluding steroid dienone is 1. The highest BCUT2D eigenvalue weighted by Crippen LogP contribution is 2.34. The SMILES string of the molecule is Nc1cc(F)c(-c2nc3c(F)cnc(N4C=CC=NC4)c3[nH]2)c(Cl)c1. The number of nitrogen functional groups attached to an aromatic ring is 1. The molecule has 0 saturated heterocycles. The van der Waals surface area contributed by atoms with E-state index in [4.69, 9.17) is 17.3 Å². The van der Waals surface area contributed by atoms with Crippen molar-refractivity contribution < 1.29 is 8.78 Å². The molecular weight excluding hydrogens is 350 g/mol. The fourth-order valence-corrected chi connectivity index (χ4v) is 2.94. The monoisotopic (exact) mass is 360 g/mol. The minimum absolute atomic E-state index is 0.0182. The first kappa shape index (κ1) is 15.5. The van der Waals surface area contributed by atoms with Crippen LogP contribution in [0.15, 0.2) is 35.6 Å². The van der Waals surface area contributed by atoms with Crippen molar-refractivity contribution in [1.29, 1.82) is 0 Å². The number of halogens is 3. The molecule has 3 aromatic rings. The molecule has 126 valence electrons. The Hall–Kier alpha value is -3.00. The molecule has 1 aliphatic rings. The lowest BCUT2D eigenvalue weighted by Gasteiger charge is -2.19. The number of hydrogen-bond acceptors (Lipinski definition) is 5. The summed E-state index contributed by atoms with van der Waals surface area (Å²) in [6, 6.07) is 2.54. The molecule has 0 atom stereocenters. The first-order valence-electron chi connectivity index (χ1n) is 7.27. The van der Waals surface area contributed by atoms with Crippen molar-refractivity contribution in [2.45, 2.75) is 0 Å².